The summed E-state index contributed by atoms with van der Waals surface area (Å²) < 4.78 is 37.7. The van der Waals surface area contributed by atoms with E-state index in [-0.39, 0.29) is 18.1 Å². The predicted molar refractivity (Wildman–Crippen MR) is 127 cm³/mol. The van der Waals surface area contributed by atoms with Gasteiger partial charge >= 0.3 is 0 Å². The smallest absolute Gasteiger partial charge is 0.270 e. The molecule has 0 atom stereocenters. The van der Waals surface area contributed by atoms with Gasteiger partial charge in [0, 0.05) is 23.1 Å². The summed E-state index contributed by atoms with van der Waals surface area (Å²) in [6, 6.07) is 18.0. The van der Waals surface area contributed by atoms with Gasteiger partial charge in [-0.15, -0.1) is 11.3 Å². The molecular weight excluding hydrogens is 458 g/mol. The van der Waals surface area contributed by atoms with Crippen molar-refractivity contribution in [2.24, 2.45) is 0 Å². The second kappa shape index (κ2) is 10.9. The molecule has 0 radical (unpaired) electrons. The number of halogens is 2. The second-order valence-electron chi connectivity index (χ2n) is 7.44. The third kappa shape index (κ3) is 5.96. The fourth-order valence-electron chi connectivity index (χ4n) is 3.22. The van der Waals surface area contributed by atoms with Crippen molar-refractivity contribution in [1.82, 2.24) is 10.3 Å². The van der Waals surface area contributed by atoms with E-state index in [1.807, 2.05) is 36.4 Å². The summed E-state index contributed by atoms with van der Waals surface area (Å²) in [5.41, 5.74) is 2.43. The van der Waals surface area contributed by atoms with Gasteiger partial charge in [0.15, 0.2) is 0 Å². The summed E-state index contributed by atoms with van der Waals surface area (Å²) in [6.45, 7) is 0.414. The van der Waals surface area contributed by atoms with Crippen molar-refractivity contribution in [3.05, 3.63) is 101 Å². The Hall–Kier alpha value is -3.78. The number of hydrogen-bond donors (Lipinski definition) is 1. The van der Waals surface area contributed by atoms with E-state index in [1.165, 1.54) is 11.3 Å². The highest BCUT2D eigenvalue weighted by atomic mass is 32.1. The summed E-state index contributed by atoms with van der Waals surface area (Å²) in [4.78, 5) is 16.9. The third-order valence-electron chi connectivity index (χ3n) is 5.10. The van der Waals surface area contributed by atoms with Crippen LogP contribution in [0.4, 0.5) is 8.78 Å². The van der Waals surface area contributed by atoms with E-state index >= 15 is 0 Å². The highest BCUT2D eigenvalue weighted by Crippen LogP contribution is 2.26. The number of aromatic nitrogens is 1. The summed E-state index contributed by atoms with van der Waals surface area (Å²) in [6.07, 6.45) is 0.702. The first-order valence-corrected chi connectivity index (χ1v) is 11.4. The van der Waals surface area contributed by atoms with Crippen molar-refractivity contribution in [2.75, 3.05) is 13.7 Å². The van der Waals surface area contributed by atoms with Gasteiger partial charge in [0.25, 0.3) is 5.91 Å². The number of carbonyl (C=O) groups excluding carboxylic acids is 1. The molecule has 1 heterocycles. The Balaban J connectivity index is 1.30. The maximum atomic E-state index is 13.7. The van der Waals surface area contributed by atoms with E-state index in [4.69, 9.17) is 9.47 Å². The van der Waals surface area contributed by atoms with E-state index in [0.29, 0.717) is 29.4 Å². The van der Waals surface area contributed by atoms with Crippen LogP contribution in [-0.4, -0.2) is 24.5 Å². The summed E-state index contributed by atoms with van der Waals surface area (Å²) in [5, 5.41) is 5.30. The fraction of sp³-hybridized carbons (Fsp3) is 0.154. The molecule has 1 amide bonds. The number of hydrogen-bond acceptors (Lipinski definition) is 5. The molecule has 34 heavy (non-hydrogen) atoms. The highest BCUT2D eigenvalue weighted by Gasteiger charge is 2.12. The molecule has 0 bridgehead atoms. The van der Waals surface area contributed by atoms with Crippen LogP contribution in [0.25, 0.3) is 10.6 Å². The average Bonchev–Trinajstić information content (AvgIpc) is 3.36. The first-order chi connectivity index (χ1) is 16.5. The minimum absolute atomic E-state index is 0.0823. The van der Waals surface area contributed by atoms with Crippen molar-refractivity contribution in [2.45, 2.75) is 13.0 Å². The fourth-order valence-corrected chi connectivity index (χ4v) is 4.03. The lowest BCUT2D eigenvalue weighted by molar-refractivity contribution is 0.0950. The van der Waals surface area contributed by atoms with E-state index in [1.54, 1.807) is 24.6 Å². The lowest BCUT2D eigenvalue weighted by Crippen LogP contribution is -2.25. The van der Waals surface area contributed by atoms with Crippen LogP contribution in [0.15, 0.2) is 72.1 Å². The number of ether oxygens (including phenoxy) is 2. The molecule has 0 saturated heterocycles. The normalized spacial score (nSPS) is 10.7. The van der Waals surface area contributed by atoms with Crippen molar-refractivity contribution >= 4 is 17.2 Å². The van der Waals surface area contributed by atoms with Gasteiger partial charge in [0.05, 0.1) is 7.11 Å². The van der Waals surface area contributed by atoms with Crippen LogP contribution in [0.1, 0.15) is 21.6 Å². The van der Waals surface area contributed by atoms with Gasteiger partial charge in [-0.1, -0.05) is 12.1 Å². The maximum Gasteiger partial charge on any atom is 0.270 e. The van der Waals surface area contributed by atoms with Crippen LogP contribution in [0.5, 0.6) is 11.5 Å². The van der Waals surface area contributed by atoms with Crippen molar-refractivity contribution in [3.63, 3.8) is 0 Å². The number of rotatable bonds is 9. The summed E-state index contributed by atoms with van der Waals surface area (Å²) >= 11 is 1.37. The maximum absolute atomic E-state index is 13.7. The number of nitrogens with zero attached hydrogens (tertiary/aromatic N) is 1. The quantitative estimate of drug-likeness (QED) is 0.336. The van der Waals surface area contributed by atoms with Gasteiger partial charge in [0.2, 0.25) is 0 Å². The summed E-state index contributed by atoms with van der Waals surface area (Å²) in [7, 11) is 1.62. The molecule has 3 aromatic carbocycles. The molecule has 0 unspecified atom stereocenters. The Bertz CT molecular complexity index is 1260. The predicted octanol–water partition coefficient (Wildman–Crippen LogP) is 5.65. The monoisotopic (exact) mass is 480 g/mol. The van der Waals surface area contributed by atoms with Crippen LogP contribution in [0.2, 0.25) is 0 Å². The molecule has 1 aromatic heterocycles. The van der Waals surface area contributed by atoms with Crippen LogP contribution < -0.4 is 14.8 Å². The molecule has 0 aliphatic heterocycles. The number of amides is 1. The molecule has 8 heteroatoms. The summed E-state index contributed by atoms with van der Waals surface area (Å²) in [5.74, 6) is 0.0479. The largest absolute Gasteiger partial charge is 0.497 e. The first kappa shape index (κ1) is 23.4. The Morgan fingerprint density at radius 2 is 1.74 bits per heavy atom. The topological polar surface area (TPSA) is 60.5 Å². The Kier molecular flexibility index (Phi) is 7.49. The molecule has 0 fully saturated rings. The zero-order chi connectivity index (χ0) is 23.9. The van der Waals surface area contributed by atoms with E-state index in [0.717, 1.165) is 35.1 Å². The van der Waals surface area contributed by atoms with Crippen LogP contribution in [0, 0.1) is 11.6 Å². The van der Waals surface area contributed by atoms with E-state index in [9.17, 15) is 13.6 Å². The zero-order valence-corrected chi connectivity index (χ0v) is 19.2. The second-order valence-corrected chi connectivity index (χ2v) is 8.30. The number of carbonyl (C=O) groups is 1. The molecule has 0 aliphatic carbocycles. The van der Waals surface area contributed by atoms with Crippen molar-refractivity contribution in [3.8, 4) is 22.1 Å². The lowest BCUT2D eigenvalue weighted by Gasteiger charge is -2.08. The number of nitrogens with one attached hydrogen (secondary N) is 1. The molecule has 174 valence electrons. The number of benzene rings is 3. The van der Waals surface area contributed by atoms with Gasteiger partial charge < -0.3 is 14.8 Å². The van der Waals surface area contributed by atoms with Gasteiger partial charge in [-0.05, 0) is 66.6 Å². The first-order valence-electron chi connectivity index (χ1n) is 10.6. The van der Waals surface area contributed by atoms with E-state index in [2.05, 4.69) is 10.3 Å². The molecule has 4 rings (SSSR count). The number of methoxy groups -OCH3 is 1. The third-order valence-corrected chi connectivity index (χ3v) is 5.99. The molecular formula is C26H22F2N2O3S. The molecule has 1 N–H and O–H groups in total. The number of thiazole rings is 1. The van der Waals surface area contributed by atoms with Gasteiger partial charge in [0.1, 0.15) is 40.4 Å². The van der Waals surface area contributed by atoms with Crippen molar-refractivity contribution in [1.29, 1.82) is 0 Å². The Labute approximate surface area is 200 Å². The van der Waals surface area contributed by atoms with Gasteiger partial charge in [-0.3, -0.25) is 4.79 Å². The molecule has 5 nitrogen and oxygen atoms in total. The minimum atomic E-state index is -0.518. The average molecular weight is 481 g/mol. The van der Waals surface area contributed by atoms with Crippen LogP contribution in [-0.2, 0) is 13.0 Å². The van der Waals surface area contributed by atoms with Gasteiger partial charge in [-0.2, -0.15) is 0 Å². The van der Waals surface area contributed by atoms with E-state index < -0.39 is 11.6 Å². The molecule has 0 aliphatic rings. The molecule has 0 saturated carbocycles. The highest BCUT2D eigenvalue weighted by molar-refractivity contribution is 7.13. The van der Waals surface area contributed by atoms with Crippen LogP contribution in [0.3, 0.4) is 0 Å². The lowest BCUT2D eigenvalue weighted by atomic mass is 10.1. The zero-order valence-electron chi connectivity index (χ0n) is 18.4. The molecule has 0 spiro atoms. The Morgan fingerprint density at radius 1 is 1.00 bits per heavy atom. The molecule has 4 aromatic rings. The standard InChI is InChI=1S/C26H22F2N2O3S/c1-32-21-7-2-17(3-8-21)12-13-29-25(31)24-16-34-26(30-24)18-4-9-22(10-5-18)33-15-19-14-20(27)6-11-23(19)28/h2-11,14,16H,12-13,15H2,1H3,(H,29,31). The SMILES string of the molecule is COc1ccc(CCNC(=O)c2csc(-c3ccc(OCc4cc(F)ccc4F)cc3)n2)cc1. The Morgan fingerprint density at radius 3 is 2.47 bits per heavy atom. The van der Waals surface area contributed by atoms with Crippen LogP contribution >= 0.6 is 11.3 Å². The van der Waals surface area contributed by atoms with Crippen molar-refractivity contribution < 1.29 is 23.0 Å². The minimum Gasteiger partial charge on any atom is -0.497 e. The van der Waals surface area contributed by atoms with Gasteiger partial charge in [-0.25, -0.2) is 13.8 Å².